The third-order valence-corrected chi connectivity index (χ3v) is 4.76. The van der Waals surface area contributed by atoms with Gasteiger partial charge < -0.3 is 10.4 Å². The fourth-order valence-corrected chi connectivity index (χ4v) is 3.39. The van der Waals surface area contributed by atoms with Gasteiger partial charge in [-0.05, 0) is 43.0 Å². The van der Waals surface area contributed by atoms with Gasteiger partial charge in [0.05, 0.1) is 18.7 Å². The van der Waals surface area contributed by atoms with E-state index < -0.39 is 6.10 Å². The lowest BCUT2D eigenvalue weighted by Crippen LogP contribution is -2.43. The zero-order chi connectivity index (χ0) is 14.8. The minimum absolute atomic E-state index is 0.0188. The summed E-state index contributed by atoms with van der Waals surface area (Å²) >= 11 is 0. The maximum Gasteiger partial charge on any atom is 0.234 e. The van der Waals surface area contributed by atoms with Crippen LogP contribution in [0.15, 0.2) is 24.3 Å². The third-order valence-electron chi connectivity index (χ3n) is 4.76. The maximum atomic E-state index is 12.2. The lowest BCUT2D eigenvalue weighted by Gasteiger charge is -2.30. The number of hydrogen-bond acceptors (Lipinski definition) is 3. The number of aliphatic hydroxyl groups is 1. The second-order valence-corrected chi connectivity index (χ2v) is 6.47. The van der Waals surface area contributed by atoms with E-state index >= 15 is 0 Å². The molecule has 21 heavy (non-hydrogen) atoms. The van der Waals surface area contributed by atoms with E-state index in [0.717, 1.165) is 30.1 Å². The van der Waals surface area contributed by atoms with Gasteiger partial charge in [0.2, 0.25) is 5.91 Å². The van der Waals surface area contributed by atoms with Crippen LogP contribution >= 0.6 is 0 Å². The molecule has 4 nitrogen and oxygen atoms in total. The lowest BCUT2D eigenvalue weighted by atomic mass is 9.99. The van der Waals surface area contributed by atoms with Crippen molar-refractivity contribution in [1.29, 1.82) is 0 Å². The van der Waals surface area contributed by atoms with Crippen LogP contribution in [0.3, 0.4) is 0 Å². The van der Waals surface area contributed by atoms with Gasteiger partial charge in [-0.25, -0.2) is 0 Å². The molecule has 3 rings (SSSR count). The van der Waals surface area contributed by atoms with E-state index in [4.69, 9.17) is 0 Å². The highest BCUT2D eigenvalue weighted by Gasteiger charge is 2.32. The van der Waals surface area contributed by atoms with Gasteiger partial charge in [0, 0.05) is 6.42 Å². The van der Waals surface area contributed by atoms with Gasteiger partial charge in [-0.15, -0.1) is 0 Å². The summed E-state index contributed by atoms with van der Waals surface area (Å²) in [6.07, 6.45) is 2.46. The predicted molar refractivity (Wildman–Crippen MR) is 81.9 cm³/mol. The molecule has 0 bridgehead atoms. The number of amides is 1. The molecule has 1 heterocycles. The van der Waals surface area contributed by atoms with Crippen molar-refractivity contribution in [3.63, 3.8) is 0 Å². The average Bonchev–Trinajstić information content (AvgIpc) is 2.78. The zero-order valence-electron chi connectivity index (χ0n) is 12.6. The Labute approximate surface area is 126 Å². The number of aliphatic hydroxyl groups excluding tert-OH is 1. The third kappa shape index (κ3) is 3.27. The van der Waals surface area contributed by atoms with Gasteiger partial charge in [-0.1, -0.05) is 31.2 Å². The monoisotopic (exact) mass is 288 g/mol. The Balaban J connectivity index is 1.58. The number of likely N-dealkylation sites (tertiary alicyclic amines) is 1. The first-order valence-electron chi connectivity index (χ1n) is 7.91. The fourth-order valence-electron chi connectivity index (χ4n) is 3.39. The highest BCUT2D eigenvalue weighted by atomic mass is 16.3. The number of nitrogens with one attached hydrogen (secondary N) is 1. The summed E-state index contributed by atoms with van der Waals surface area (Å²) in [6.45, 7) is 4.71. The lowest BCUT2D eigenvalue weighted by molar-refractivity contribution is -0.124. The van der Waals surface area contributed by atoms with Crippen LogP contribution in [0.2, 0.25) is 0 Å². The summed E-state index contributed by atoms with van der Waals surface area (Å²) in [7, 11) is 0. The molecule has 0 radical (unpaired) electrons. The van der Waals surface area contributed by atoms with Crippen LogP contribution in [0, 0.1) is 5.92 Å². The van der Waals surface area contributed by atoms with Crippen molar-refractivity contribution in [1.82, 2.24) is 10.2 Å². The number of hydrogen-bond donors (Lipinski definition) is 2. The van der Waals surface area contributed by atoms with Crippen molar-refractivity contribution >= 4 is 5.91 Å². The maximum absolute atomic E-state index is 12.2. The highest BCUT2D eigenvalue weighted by Crippen LogP contribution is 2.31. The Morgan fingerprint density at radius 3 is 2.81 bits per heavy atom. The van der Waals surface area contributed by atoms with Crippen molar-refractivity contribution in [2.75, 3.05) is 19.6 Å². The summed E-state index contributed by atoms with van der Waals surface area (Å²) in [6, 6.07) is 7.71. The molecule has 1 aromatic carbocycles. The molecule has 0 spiro atoms. The van der Waals surface area contributed by atoms with E-state index in [-0.39, 0.29) is 11.9 Å². The smallest absolute Gasteiger partial charge is 0.234 e. The normalized spacial score (nSPS) is 26.6. The Kier molecular flexibility index (Phi) is 4.27. The first-order valence-corrected chi connectivity index (χ1v) is 7.91. The van der Waals surface area contributed by atoms with Crippen molar-refractivity contribution < 1.29 is 9.90 Å². The first kappa shape index (κ1) is 14.5. The van der Waals surface area contributed by atoms with Crippen LogP contribution in [-0.2, 0) is 11.2 Å². The van der Waals surface area contributed by atoms with E-state index in [1.807, 2.05) is 24.3 Å². The number of nitrogens with zero attached hydrogens (tertiary/aromatic N) is 1. The van der Waals surface area contributed by atoms with Crippen LogP contribution in [-0.4, -0.2) is 41.7 Å². The predicted octanol–water partition coefficient (Wildman–Crippen LogP) is 1.49. The highest BCUT2D eigenvalue weighted by molar-refractivity contribution is 5.78. The molecular weight excluding hydrogens is 264 g/mol. The molecule has 1 saturated heterocycles. The topological polar surface area (TPSA) is 52.6 Å². The van der Waals surface area contributed by atoms with Crippen LogP contribution < -0.4 is 5.32 Å². The Morgan fingerprint density at radius 2 is 2.05 bits per heavy atom. The summed E-state index contributed by atoms with van der Waals surface area (Å²) in [5.41, 5.74) is 2.20. The van der Waals surface area contributed by atoms with Crippen molar-refractivity contribution in [2.45, 2.75) is 38.3 Å². The Hall–Kier alpha value is -1.39. The van der Waals surface area contributed by atoms with Crippen LogP contribution in [0.4, 0.5) is 0 Å². The number of carbonyl (C=O) groups is 1. The van der Waals surface area contributed by atoms with E-state index in [2.05, 4.69) is 17.1 Å². The number of benzene rings is 1. The van der Waals surface area contributed by atoms with E-state index in [1.165, 1.54) is 12.8 Å². The molecule has 2 N–H and O–H groups in total. The number of piperidine rings is 1. The Morgan fingerprint density at radius 1 is 1.33 bits per heavy atom. The largest absolute Gasteiger partial charge is 0.390 e. The van der Waals surface area contributed by atoms with Crippen LogP contribution in [0.25, 0.3) is 0 Å². The van der Waals surface area contributed by atoms with E-state index in [1.54, 1.807) is 0 Å². The van der Waals surface area contributed by atoms with Gasteiger partial charge in [0.1, 0.15) is 0 Å². The molecule has 1 fully saturated rings. The van der Waals surface area contributed by atoms with Crippen molar-refractivity contribution in [3.05, 3.63) is 35.4 Å². The quantitative estimate of drug-likeness (QED) is 0.886. The zero-order valence-corrected chi connectivity index (χ0v) is 12.6. The second-order valence-electron chi connectivity index (χ2n) is 6.47. The van der Waals surface area contributed by atoms with Crippen molar-refractivity contribution in [2.24, 2.45) is 5.92 Å². The molecule has 2 atom stereocenters. The molecule has 0 unspecified atom stereocenters. The van der Waals surface area contributed by atoms with Gasteiger partial charge in [-0.2, -0.15) is 0 Å². The minimum Gasteiger partial charge on any atom is -0.390 e. The van der Waals surface area contributed by atoms with Gasteiger partial charge in [0.25, 0.3) is 0 Å². The van der Waals surface area contributed by atoms with Gasteiger partial charge in [0.15, 0.2) is 0 Å². The summed E-state index contributed by atoms with van der Waals surface area (Å²) in [5.74, 6) is 0.790. The SMILES string of the molecule is CC1CCN(CC(=O)N[C@H]2c3ccccc3C[C@H]2O)CC1. The van der Waals surface area contributed by atoms with Gasteiger partial charge in [-0.3, -0.25) is 9.69 Å². The molecule has 1 aliphatic heterocycles. The molecule has 2 aliphatic rings. The molecule has 1 aromatic rings. The fraction of sp³-hybridized carbons (Fsp3) is 0.588. The first-order chi connectivity index (χ1) is 10.1. The van der Waals surface area contributed by atoms with Crippen LogP contribution in [0.5, 0.6) is 0 Å². The number of rotatable bonds is 3. The van der Waals surface area contributed by atoms with Crippen molar-refractivity contribution in [3.8, 4) is 0 Å². The molecule has 114 valence electrons. The molecule has 4 heteroatoms. The Bertz CT molecular complexity index is 509. The average molecular weight is 288 g/mol. The number of carbonyl (C=O) groups excluding carboxylic acids is 1. The summed E-state index contributed by atoms with van der Waals surface area (Å²) in [5, 5.41) is 13.2. The summed E-state index contributed by atoms with van der Waals surface area (Å²) in [4.78, 5) is 14.5. The minimum atomic E-state index is -0.507. The molecule has 1 aliphatic carbocycles. The van der Waals surface area contributed by atoms with E-state index in [9.17, 15) is 9.90 Å². The summed E-state index contributed by atoms with van der Waals surface area (Å²) < 4.78 is 0. The van der Waals surface area contributed by atoms with Gasteiger partial charge >= 0.3 is 0 Å². The van der Waals surface area contributed by atoms with Crippen LogP contribution in [0.1, 0.15) is 36.9 Å². The number of fused-ring (bicyclic) bond motifs is 1. The molecule has 0 saturated carbocycles. The van der Waals surface area contributed by atoms with E-state index in [0.29, 0.717) is 13.0 Å². The molecule has 1 amide bonds. The molecular formula is C17H24N2O2. The standard InChI is InChI=1S/C17H24N2O2/c1-12-6-8-19(9-7-12)11-16(21)18-17-14-5-3-2-4-13(14)10-15(17)20/h2-5,12,15,17,20H,6-11H2,1H3,(H,18,21)/t15-,17+/m1/s1. The molecule has 0 aromatic heterocycles. The second kappa shape index (κ2) is 6.16.